The highest BCUT2D eigenvalue weighted by atomic mass is 16.5. The number of carbonyl (C=O) groups excluding carboxylic acids is 1. The SMILES string of the molecule is COc1ccc2c(c1)OCC1=C2CCC2C(=O)CC=C12. The van der Waals surface area contributed by atoms with Crippen LogP contribution in [-0.2, 0) is 4.79 Å². The predicted octanol–water partition coefficient (Wildman–Crippen LogP) is 3.15. The van der Waals surface area contributed by atoms with E-state index in [2.05, 4.69) is 12.1 Å². The zero-order valence-corrected chi connectivity index (χ0v) is 11.4. The fourth-order valence-electron chi connectivity index (χ4n) is 3.55. The van der Waals surface area contributed by atoms with Gasteiger partial charge in [0.15, 0.2) is 0 Å². The van der Waals surface area contributed by atoms with E-state index in [1.54, 1.807) is 7.11 Å². The van der Waals surface area contributed by atoms with Gasteiger partial charge in [0.1, 0.15) is 23.9 Å². The van der Waals surface area contributed by atoms with E-state index in [0.717, 1.165) is 29.9 Å². The Bertz CT molecular complexity index is 667. The number of carbonyl (C=O) groups is 1. The third-order valence-electron chi connectivity index (χ3n) is 4.57. The smallest absolute Gasteiger partial charge is 0.144 e. The number of methoxy groups -OCH3 is 1. The Morgan fingerprint density at radius 2 is 2.20 bits per heavy atom. The van der Waals surface area contributed by atoms with E-state index in [1.165, 1.54) is 16.7 Å². The van der Waals surface area contributed by atoms with Gasteiger partial charge in [-0.3, -0.25) is 4.79 Å². The molecule has 0 amide bonds. The van der Waals surface area contributed by atoms with Crippen LogP contribution in [0.3, 0.4) is 0 Å². The highest BCUT2D eigenvalue weighted by Gasteiger charge is 2.36. The van der Waals surface area contributed by atoms with Gasteiger partial charge in [0.05, 0.1) is 7.11 Å². The highest BCUT2D eigenvalue weighted by molar-refractivity contribution is 5.93. The standard InChI is InChI=1S/C17H16O3/c1-19-10-2-3-14-12-4-5-13-11(6-7-16(13)18)15(12)9-20-17(14)8-10/h2-3,6,8,13H,4-5,7,9H2,1H3. The monoisotopic (exact) mass is 268 g/mol. The number of fused-ring (bicyclic) bond motifs is 4. The van der Waals surface area contributed by atoms with Crippen molar-refractivity contribution in [1.29, 1.82) is 0 Å². The first-order valence-corrected chi connectivity index (χ1v) is 7.04. The molecule has 1 atom stereocenters. The molecule has 102 valence electrons. The lowest BCUT2D eigenvalue weighted by Gasteiger charge is -2.31. The van der Waals surface area contributed by atoms with Crippen molar-refractivity contribution < 1.29 is 14.3 Å². The van der Waals surface area contributed by atoms with Gasteiger partial charge in [-0.15, -0.1) is 0 Å². The molecule has 0 saturated heterocycles. The summed E-state index contributed by atoms with van der Waals surface area (Å²) in [5.41, 5.74) is 4.97. The van der Waals surface area contributed by atoms with Crippen molar-refractivity contribution in [1.82, 2.24) is 0 Å². The Hall–Kier alpha value is -2.03. The molecule has 0 N–H and O–H groups in total. The van der Waals surface area contributed by atoms with Gasteiger partial charge < -0.3 is 9.47 Å². The molecular weight excluding hydrogens is 252 g/mol. The molecule has 0 aromatic heterocycles. The lowest BCUT2D eigenvalue weighted by molar-refractivity contribution is -0.120. The van der Waals surface area contributed by atoms with Crippen molar-refractivity contribution in [3.05, 3.63) is 41.0 Å². The van der Waals surface area contributed by atoms with Crippen LogP contribution in [0.15, 0.2) is 35.4 Å². The van der Waals surface area contributed by atoms with Gasteiger partial charge in [-0.2, -0.15) is 0 Å². The molecule has 0 fully saturated rings. The van der Waals surface area contributed by atoms with Gasteiger partial charge >= 0.3 is 0 Å². The molecule has 1 aliphatic heterocycles. The van der Waals surface area contributed by atoms with E-state index < -0.39 is 0 Å². The largest absolute Gasteiger partial charge is 0.497 e. The van der Waals surface area contributed by atoms with Crippen LogP contribution in [0.1, 0.15) is 24.8 Å². The van der Waals surface area contributed by atoms with Crippen LogP contribution >= 0.6 is 0 Å². The van der Waals surface area contributed by atoms with Crippen molar-refractivity contribution >= 4 is 11.4 Å². The molecule has 1 aromatic carbocycles. The normalized spacial score (nSPS) is 23.6. The molecule has 3 nitrogen and oxygen atoms in total. The van der Waals surface area contributed by atoms with Gasteiger partial charge in [0.2, 0.25) is 0 Å². The van der Waals surface area contributed by atoms with Crippen molar-refractivity contribution in [2.24, 2.45) is 5.92 Å². The van der Waals surface area contributed by atoms with E-state index in [1.807, 2.05) is 12.1 Å². The number of rotatable bonds is 1. The Kier molecular flexibility index (Phi) is 2.49. The minimum absolute atomic E-state index is 0.122. The zero-order valence-electron chi connectivity index (χ0n) is 11.4. The maximum absolute atomic E-state index is 11.9. The molecule has 4 rings (SSSR count). The van der Waals surface area contributed by atoms with Crippen molar-refractivity contribution in [2.45, 2.75) is 19.3 Å². The second kappa shape index (κ2) is 4.23. The summed E-state index contributed by atoms with van der Waals surface area (Å²) in [5, 5.41) is 0. The van der Waals surface area contributed by atoms with E-state index in [4.69, 9.17) is 9.47 Å². The predicted molar refractivity (Wildman–Crippen MR) is 75.8 cm³/mol. The first-order valence-electron chi connectivity index (χ1n) is 7.04. The highest BCUT2D eigenvalue weighted by Crippen LogP contribution is 2.47. The molecule has 1 unspecified atom stereocenters. The molecule has 0 radical (unpaired) electrons. The lowest BCUT2D eigenvalue weighted by atomic mass is 9.77. The number of benzene rings is 1. The van der Waals surface area contributed by atoms with Gasteiger partial charge in [-0.05, 0) is 41.7 Å². The van der Waals surface area contributed by atoms with E-state index in [0.29, 0.717) is 18.8 Å². The quantitative estimate of drug-likeness (QED) is 0.785. The first kappa shape index (κ1) is 11.8. The molecule has 0 bridgehead atoms. The molecule has 1 aromatic rings. The number of allylic oxidation sites excluding steroid dienone is 2. The summed E-state index contributed by atoms with van der Waals surface area (Å²) in [6, 6.07) is 5.98. The third kappa shape index (κ3) is 1.56. The second-order valence-corrected chi connectivity index (χ2v) is 5.53. The summed E-state index contributed by atoms with van der Waals surface area (Å²) in [7, 11) is 1.66. The first-order chi connectivity index (χ1) is 9.78. The van der Waals surface area contributed by atoms with Gasteiger partial charge in [0, 0.05) is 24.0 Å². The summed E-state index contributed by atoms with van der Waals surface area (Å²) in [5.74, 6) is 2.20. The van der Waals surface area contributed by atoms with Gasteiger partial charge in [-0.1, -0.05) is 6.08 Å². The van der Waals surface area contributed by atoms with Gasteiger partial charge in [-0.25, -0.2) is 0 Å². The maximum Gasteiger partial charge on any atom is 0.144 e. The van der Waals surface area contributed by atoms with E-state index in [9.17, 15) is 4.79 Å². The molecular formula is C17H16O3. The summed E-state index contributed by atoms with van der Waals surface area (Å²) < 4.78 is 11.1. The van der Waals surface area contributed by atoms with Crippen LogP contribution in [0.4, 0.5) is 0 Å². The fourth-order valence-corrected chi connectivity index (χ4v) is 3.55. The van der Waals surface area contributed by atoms with Crippen molar-refractivity contribution in [3.8, 4) is 11.5 Å². The number of hydrogen-bond acceptors (Lipinski definition) is 3. The van der Waals surface area contributed by atoms with Crippen molar-refractivity contribution in [3.63, 3.8) is 0 Å². The van der Waals surface area contributed by atoms with Crippen LogP contribution in [-0.4, -0.2) is 19.5 Å². The minimum Gasteiger partial charge on any atom is -0.497 e. The molecule has 1 heterocycles. The molecule has 3 aliphatic rings. The average molecular weight is 268 g/mol. The Morgan fingerprint density at radius 3 is 3.05 bits per heavy atom. The topological polar surface area (TPSA) is 35.5 Å². The van der Waals surface area contributed by atoms with E-state index in [-0.39, 0.29) is 5.92 Å². The summed E-state index contributed by atoms with van der Waals surface area (Å²) in [6.45, 7) is 0.575. The maximum atomic E-state index is 11.9. The molecule has 20 heavy (non-hydrogen) atoms. The Balaban J connectivity index is 1.82. The lowest BCUT2D eigenvalue weighted by Crippen LogP contribution is -2.22. The van der Waals surface area contributed by atoms with E-state index >= 15 is 0 Å². The van der Waals surface area contributed by atoms with Crippen LogP contribution < -0.4 is 9.47 Å². The fraction of sp³-hybridized carbons (Fsp3) is 0.353. The van der Waals surface area contributed by atoms with Gasteiger partial charge in [0.25, 0.3) is 0 Å². The average Bonchev–Trinajstić information content (AvgIpc) is 2.88. The van der Waals surface area contributed by atoms with Crippen LogP contribution in [0.2, 0.25) is 0 Å². The molecule has 2 aliphatic carbocycles. The zero-order chi connectivity index (χ0) is 13.7. The number of Topliss-reactive ketones (excluding diaryl/α,β-unsaturated/α-hetero) is 1. The summed E-state index contributed by atoms with van der Waals surface area (Å²) in [6.07, 6.45) is 4.59. The number of ketones is 1. The number of ether oxygens (including phenoxy) is 2. The minimum atomic E-state index is 0.122. The van der Waals surface area contributed by atoms with Crippen molar-refractivity contribution in [2.75, 3.05) is 13.7 Å². The second-order valence-electron chi connectivity index (χ2n) is 5.53. The third-order valence-corrected chi connectivity index (χ3v) is 4.57. The Labute approximate surface area is 117 Å². The van der Waals surface area contributed by atoms with Crippen LogP contribution in [0.25, 0.3) is 5.57 Å². The Morgan fingerprint density at radius 1 is 1.30 bits per heavy atom. The molecule has 0 spiro atoms. The molecule has 0 saturated carbocycles. The number of hydrogen-bond donors (Lipinski definition) is 0. The van der Waals surface area contributed by atoms with Crippen LogP contribution in [0, 0.1) is 5.92 Å². The van der Waals surface area contributed by atoms with Crippen LogP contribution in [0.5, 0.6) is 11.5 Å². The summed E-state index contributed by atoms with van der Waals surface area (Å²) in [4.78, 5) is 11.9. The molecule has 3 heteroatoms. The summed E-state index contributed by atoms with van der Waals surface area (Å²) >= 11 is 0.